The molecule has 0 saturated carbocycles. The van der Waals surface area contributed by atoms with E-state index in [2.05, 4.69) is 5.32 Å². The number of para-hydroxylation sites is 1. The van der Waals surface area contributed by atoms with Gasteiger partial charge in [0, 0.05) is 19.0 Å². The van der Waals surface area contributed by atoms with Crippen LogP contribution in [0.15, 0.2) is 24.3 Å². The first-order valence-electron chi connectivity index (χ1n) is 6.05. The predicted molar refractivity (Wildman–Crippen MR) is 66.3 cm³/mol. The van der Waals surface area contributed by atoms with Gasteiger partial charge >= 0.3 is 5.97 Å². The highest BCUT2D eigenvalue weighted by molar-refractivity contribution is 5.69. The molecule has 0 aliphatic carbocycles. The van der Waals surface area contributed by atoms with Gasteiger partial charge in [0.25, 0.3) is 0 Å². The molecule has 19 heavy (non-hydrogen) atoms. The molecule has 0 amide bonds. The zero-order valence-corrected chi connectivity index (χ0v) is 10.6. The van der Waals surface area contributed by atoms with Crippen molar-refractivity contribution in [2.45, 2.75) is 31.9 Å². The third-order valence-electron chi connectivity index (χ3n) is 2.87. The van der Waals surface area contributed by atoms with E-state index in [0.29, 0.717) is 12.3 Å². The van der Waals surface area contributed by atoms with Gasteiger partial charge in [0.1, 0.15) is 24.2 Å². The molecule has 0 spiro atoms. The maximum atomic E-state index is 11.0. The molecule has 1 unspecified atom stereocenters. The van der Waals surface area contributed by atoms with Crippen LogP contribution in [0.25, 0.3) is 0 Å². The number of hydrogen-bond acceptors (Lipinski definition) is 6. The first-order chi connectivity index (χ1) is 9.08. The first kappa shape index (κ1) is 14.0. The molecule has 3 N–H and O–H groups in total. The summed E-state index contributed by atoms with van der Waals surface area (Å²) in [6.07, 6.45) is -2.46. The van der Waals surface area contributed by atoms with Gasteiger partial charge in [0.15, 0.2) is 0 Å². The van der Waals surface area contributed by atoms with Crippen molar-refractivity contribution in [1.29, 1.82) is 0 Å². The zero-order valence-electron chi connectivity index (χ0n) is 10.6. The van der Waals surface area contributed by atoms with E-state index in [4.69, 9.17) is 9.47 Å². The Morgan fingerprint density at radius 2 is 2.21 bits per heavy atom. The van der Waals surface area contributed by atoms with E-state index in [0.717, 1.165) is 5.56 Å². The highest BCUT2D eigenvalue weighted by Gasteiger charge is 2.34. The van der Waals surface area contributed by atoms with Crippen molar-refractivity contribution in [3.8, 4) is 5.75 Å². The highest BCUT2D eigenvalue weighted by atomic mass is 16.5. The molecule has 1 aromatic carbocycles. The molecule has 1 fully saturated rings. The number of carbonyl (C=O) groups excluding carboxylic acids is 1. The van der Waals surface area contributed by atoms with Crippen LogP contribution in [-0.4, -0.2) is 41.2 Å². The zero-order chi connectivity index (χ0) is 13.8. The molecular formula is C13H17NO5. The Labute approximate surface area is 111 Å². The molecule has 1 saturated heterocycles. The first-order valence-corrected chi connectivity index (χ1v) is 6.05. The van der Waals surface area contributed by atoms with Gasteiger partial charge in [0.2, 0.25) is 0 Å². The second-order valence-corrected chi connectivity index (χ2v) is 4.39. The van der Waals surface area contributed by atoms with Crippen molar-refractivity contribution < 1.29 is 24.5 Å². The second-order valence-electron chi connectivity index (χ2n) is 4.39. The summed E-state index contributed by atoms with van der Waals surface area (Å²) in [4.78, 5) is 11.0. The number of esters is 1. The van der Waals surface area contributed by atoms with E-state index in [1.165, 1.54) is 6.92 Å². The number of ether oxygens (including phenoxy) is 2. The van der Waals surface area contributed by atoms with Crippen molar-refractivity contribution in [3.63, 3.8) is 0 Å². The molecule has 2 rings (SSSR count). The van der Waals surface area contributed by atoms with Crippen molar-refractivity contribution in [1.82, 2.24) is 5.32 Å². The van der Waals surface area contributed by atoms with E-state index >= 15 is 0 Å². The van der Waals surface area contributed by atoms with Gasteiger partial charge in [-0.05, 0) is 6.07 Å². The van der Waals surface area contributed by atoms with E-state index in [1.54, 1.807) is 12.1 Å². The molecule has 0 bridgehead atoms. The fourth-order valence-electron chi connectivity index (χ4n) is 1.90. The Bertz CT molecular complexity index is 450. The third kappa shape index (κ3) is 3.51. The van der Waals surface area contributed by atoms with Crippen LogP contribution in [0.5, 0.6) is 5.75 Å². The molecule has 1 heterocycles. The van der Waals surface area contributed by atoms with E-state index in [1.807, 2.05) is 12.1 Å². The van der Waals surface area contributed by atoms with Crippen LogP contribution in [0.4, 0.5) is 0 Å². The summed E-state index contributed by atoms with van der Waals surface area (Å²) in [5.74, 6) is 0.0792. The number of nitrogens with one attached hydrogen (secondary N) is 1. The van der Waals surface area contributed by atoms with Crippen LogP contribution in [0.3, 0.4) is 0 Å². The fraction of sp³-hybridized carbons (Fsp3) is 0.462. The van der Waals surface area contributed by atoms with Gasteiger partial charge < -0.3 is 19.7 Å². The summed E-state index contributed by atoms with van der Waals surface area (Å²) < 4.78 is 10.3. The minimum Gasteiger partial charge on any atom is -0.426 e. The van der Waals surface area contributed by atoms with Crippen molar-refractivity contribution in [3.05, 3.63) is 29.8 Å². The topological polar surface area (TPSA) is 88.0 Å². The van der Waals surface area contributed by atoms with Crippen LogP contribution in [0.2, 0.25) is 0 Å². The van der Waals surface area contributed by atoms with Gasteiger partial charge in [-0.15, -0.1) is 0 Å². The summed E-state index contributed by atoms with van der Waals surface area (Å²) in [7, 11) is 0. The van der Waals surface area contributed by atoms with Gasteiger partial charge in [-0.2, -0.15) is 0 Å². The molecule has 104 valence electrons. The molecular weight excluding hydrogens is 250 g/mol. The van der Waals surface area contributed by atoms with Crippen LogP contribution in [-0.2, 0) is 16.1 Å². The molecule has 1 aliphatic heterocycles. The lowest BCUT2D eigenvalue weighted by Crippen LogP contribution is -2.40. The van der Waals surface area contributed by atoms with Gasteiger partial charge in [-0.3, -0.25) is 10.1 Å². The standard InChI is InChI=1S/C13H17NO5/c1-8(15)19-11-5-3-2-4-9(11)6-14-13-12(17)10(16)7-18-13/h2-5,10,12-14,16-17H,6-7H2,1H3/t10-,12-,13?/m1/s1. The maximum absolute atomic E-state index is 11.0. The quantitative estimate of drug-likeness (QED) is 0.516. The third-order valence-corrected chi connectivity index (χ3v) is 2.87. The van der Waals surface area contributed by atoms with Crippen molar-refractivity contribution >= 4 is 5.97 Å². The number of benzene rings is 1. The van der Waals surface area contributed by atoms with Crippen LogP contribution < -0.4 is 10.1 Å². The van der Waals surface area contributed by atoms with Crippen LogP contribution in [0.1, 0.15) is 12.5 Å². The van der Waals surface area contributed by atoms with E-state index in [-0.39, 0.29) is 12.6 Å². The normalized spacial score (nSPS) is 26.4. The summed E-state index contributed by atoms with van der Waals surface area (Å²) in [5.41, 5.74) is 0.773. The highest BCUT2D eigenvalue weighted by Crippen LogP contribution is 2.19. The van der Waals surface area contributed by atoms with Crippen LogP contribution in [0, 0.1) is 0 Å². The molecule has 6 heteroatoms. The summed E-state index contributed by atoms with van der Waals surface area (Å²) in [6.45, 7) is 1.80. The maximum Gasteiger partial charge on any atom is 0.308 e. The SMILES string of the molecule is CC(=O)Oc1ccccc1CNC1OC[C@@H](O)[C@H]1O. The van der Waals surface area contributed by atoms with Crippen molar-refractivity contribution in [2.75, 3.05) is 6.61 Å². The summed E-state index contributed by atoms with van der Waals surface area (Å²) in [6, 6.07) is 7.10. The Hall–Kier alpha value is -1.47. The van der Waals surface area contributed by atoms with Crippen molar-refractivity contribution in [2.24, 2.45) is 0 Å². The van der Waals surface area contributed by atoms with E-state index < -0.39 is 18.4 Å². The fourth-order valence-corrected chi connectivity index (χ4v) is 1.90. The number of aliphatic hydroxyl groups is 2. The minimum absolute atomic E-state index is 0.102. The largest absolute Gasteiger partial charge is 0.426 e. The molecule has 1 aromatic rings. The Morgan fingerprint density at radius 3 is 2.84 bits per heavy atom. The Morgan fingerprint density at radius 1 is 1.47 bits per heavy atom. The van der Waals surface area contributed by atoms with Gasteiger partial charge in [0.05, 0.1) is 6.61 Å². The average Bonchev–Trinajstić information content (AvgIpc) is 2.68. The lowest BCUT2D eigenvalue weighted by atomic mass is 10.2. The second kappa shape index (κ2) is 6.12. The Kier molecular flexibility index (Phi) is 4.49. The van der Waals surface area contributed by atoms with Gasteiger partial charge in [-0.25, -0.2) is 0 Å². The monoisotopic (exact) mass is 267 g/mol. The lowest BCUT2D eigenvalue weighted by Gasteiger charge is -2.17. The average molecular weight is 267 g/mol. The molecule has 1 aliphatic rings. The van der Waals surface area contributed by atoms with Gasteiger partial charge in [-0.1, -0.05) is 18.2 Å². The summed E-state index contributed by atoms with van der Waals surface area (Å²) in [5, 5.41) is 22.0. The molecule has 0 aromatic heterocycles. The molecule has 0 radical (unpaired) electrons. The minimum atomic E-state index is -0.958. The number of hydrogen-bond donors (Lipinski definition) is 3. The predicted octanol–water partition coefficient (Wildman–Crippen LogP) is -0.220. The number of rotatable bonds is 4. The Balaban J connectivity index is 1.97. The molecule has 3 atom stereocenters. The lowest BCUT2D eigenvalue weighted by molar-refractivity contribution is -0.131. The molecule has 6 nitrogen and oxygen atoms in total. The summed E-state index contributed by atoms with van der Waals surface area (Å²) >= 11 is 0. The smallest absolute Gasteiger partial charge is 0.308 e. The number of aliphatic hydroxyl groups excluding tert-OH is 2. The number of carbonyl (C=O) groups is 1. The van der Waals surface area contributed by atoms with Crippen LogP contribution >= 0.6 is 0 Å². The van der Waals surface area contributed by atoms with E-state index in [9.17, 15) is 15.0 Å².